The van der Waals surface area contributed by atoms with Gasteiger partial charge in [0.2, 0.25) is 5.91 Å². The highest BCUT2D eigenvalue weighted by molar-refractivity contribution is 7.09. The highest BCUT2D eigenvalue weighted by Crippen LogP contribution is 2.27. The lowest BCUT2D eigenvalue weighted by molar-refractivity contribution is -0.126. The molecule has 1 saturated carbocycles. The maximum absolute atomic E-state index is 11.9. The molecule has 1 heterocycles. The molecule has 4 nitrogen and oxygen atoms in total. The lowest BCUT2D eigenvalue weighted by atomic mass is 9.98. The summed E-state index contributed by atoms with van der Waals surface area (Å²) in [5.74, 6) is 0.00304. The summed E-state index contributed by atoms with van der Waals surface area (Å²) in [4.78, 5) is 16.3. The van der Waals surface area contributed by atoms with Crippen LogP contribution in [0.2, 0.25) is 0 Å². The van der Waals surface area contributed by atoms with Crippen molar-refractivity contribution in [1.82, 2.24) is 10.3 Å². The fraction of sp³-hybridized carbons (Fsp3) is 0.667. The van der Waals surface area contributed by atoms with Crippen LogP contribution in [-0.2, 0) is 11.2 Å². The van der Waals surface area contributed by atoms with E-state index in [0.29, 0.717) is 6.54 Å². The molecule has 1 aromatic heterocycles. The number of amides is 1. The van der Waals surface area contributed by atoms with Crippen molar-refractivity contribution in [3.63, 3.8) is 0 Å². The topological polar surface area (TPSA) is 68.0 Å². The van der Waals surface area contributed by atoms with Crippen molar-refractivity contribution in [2.45, 2.75) is 44.6 Å². The van der Waals surface area contributed by atoms with E-state index in [4.69, 9.17) is 5.73 Å². The number of nitrogens with one attached hydrogen (secondary N) is 1. The number of rotatable bonds is 4. The van der Waals surface area contributed by atoms with E-state index in [2.05, 4.69) is 10.3 Å². The minimum atomic E-state index is -0.612. The molecule has 1 amide bonds. The second kappa shape index (κ2) is 5.14. The predicted octanol–water partition coefficient (Wildman–Crippen LogP) is 1.38. The Bertz CT molecular complexity index is 396. The molecule has 5 heteroatoms. The molecule has 0 aromatic carbocycles. The second-order valence-corrected chi connectivity index (χ2v) is 5.69. The molecule has 0 atom stereocenters. The number of nitrogens with zero attached hydrogens (tertiary/aromatic N) is 1. The summed E-state index contributed by atoms with van der Waals surface area (Å²) in [5.41, 5.74) is 6.49. The van der Waals surface area contributed by atoms with E-state index in [1.165, 1.54) is 0 Å². The first kappa shape index (κ1) is 12.5. The molecule has 1 aliphatic carbocycles. The summed E-state index contributed by atoms with van der Waals surface area (Å²) >= 11 is 1.64. The Labute approximate surface area is 106 Å². The molecule has 1 aliphatic rings. The standard InChI is InChI=1S/C12H19N3OS/c1-9-8-17-10(15-9)4-7-14-11(16)12(13)5-2-3-6-12/h8H,2-7,13H2,1H3,(H,14,16). The van der Waals surface area contributed by atoms with Crippen molar-refractivity contribution >= 4 is 17.2 Å². The van der Waals surface area contributed by atoms with Crippen molar-refractivity contribution in [3.05, 3.63) is 16.1 Å². The number of aromatic nitrogens is 1. The smallest absolute Gasteiger partial charge is 0.240 e. The number of hydrogen-bond acceptors (Lipinski definition) is 4. The van der Waals surface area contributed by atoms with Crippen molar-refractivity contribution in [1.29, 1.82) is 0 Å². The van der Waals surface area contributed by atoms with Crippen LogP contribution in [0.15, 0.2) is 5.38 Å². The maximum atomic E-state index is 11.9. The number of hydrogen-bond donors (Lipinski definition) is 2. The van der Waals surface area contributed by atoms with Crippen molar-refractivity contribution < 1.29 is 4.79 Å². The monoisotopic (exact) mass is 253 g/mol. The van der Waals surface area contributed by atoms with Gasteiger partial charge in [-0.05, 0) is 19.8 Å². The van der Waals surface area contributed by atoms with Gasteiger partial charge in [-0.15, -0.1) is 11.3 Å². The SMILES string of the molecule is Cc1csc(CCNC(=O)C2(N)CCCC2)n1. The van der Waals surface area contributed by atoms with Crippen LogP contribution < -0.4 is 11.1 Å². The fourth-order valence-corrected chi connectivity index (χ4v) is 2.99. The van der Waals surface area contributed by atoms with Crippen molar-refractivity contribution in [3.8, 4) is 0 Å². The molecule has 0 radical (unpaired) electrons. The first-order valence-corrected chi connectivity index (χ1v) is 6.96. The summed E-state index contributed by atoms with van der Waals surface area (Å²) in [6, 6.07) is 0. The van der Waals surface area contributed by atoms with Crippen LogP contribution in [0.3, 0.4) is 0 Å². The zero-order valence-electron chi connectivity index (χ0n) is 10.2. The summed E-state index contributed by atoms with van der Waals surface area (Å²) in [7, 11) is 0. The van der Waals surface area contributed by atoms with Crippen LogP contribution >= 0.6 is 11.3 Å². The van der Waals surface area contributed by atoms with E-state index in [1.54, 1.807) is 11.3 Å². The molecule has 94 valence electrons. The van der Waals surface area contributed by atoms with Gasteiger partial charge in [0.25, 0.3) is 0 Å². The minimum absolute atomic E-state index is 0.00304. The molecule has 0 unspecified atom stereocenters. The fourth-order valence-electron chi connectivity index (χ4n) is 2.21. The van der Waals surface area contributed by atoms with E-state index in [0.717, 1.165) is 42.8 Å². The summed E-state index contributed by atoms with van der Waals surface area (Å²) < 4.78 is 0. The van der Waals surface area contributed by atoms with Gasteiger partial charge < -0.3 is 11.1 Å². The largest absolute Gasteiger partial charge is 0.354 e. The molecule has 3 N–H and O–H groups in total. The van der Waals surface area contributed by atoms with Gasteiger partial charge in [0.15, 0.2) is 0 Å². The van der Waals surface area contributed by atoms with Gasteiger partial charge in [-0.3, -0.25) is 4.79 Å². The Morgan fingerprint density at radius 1 is 1.59 bits per heavy atom. The van der Waals surface area contributed by atoms with Crippen LogP contribution in [0.25, 0.3) is 0 Å². The molecule has 0 bridgehead atoms. The first-order valence-electron chi connectivity index (χ1n) is 6.08. The summed E-state index contributed by atoms with van der Waals surface area (Å²) in [6.45, 7) is 2.61. The highest BCUT2D eigenvalue weighted by Gasteiger charge is 2.36. The molecule has 0 saturated heterocycles. The third kappa shape index (κ3) is 3.04. The first-order chi connectivity index (χ1) is 8.10. The van der Waals surface area contributed by atoms with E-state index < -0.39 is 5.54 Å². The second-order valence-electron chi connectivity index (χ2n) is 4.75. The summed E-state index contributed by atoms with van der Waals surface area (Å²) in [6.07, 6.45) is 4.55. The average Bonchev–Trinajstić information content (AvgIpc) is 2.89. The van der Waals surface area contributed by atoms with Crippen LogP contribution in [0.1, 0.15) is 36.4 Å². The zero-order chi connectivity index (χ0) is 12.3. The molecule has 2 rings (SSSR count). The molecule has 0 spiro atoms. The van der Waals surface area contributed by atoms with Gasteiger partial charge in [0.05, 0.1) is 10.5 Å². The number of nitrogens with two attached hydrogens (primary N) is 1. The maximum Gasteiger partial charge on any atom is 0.240 e. The van der Waals surface area contributed by atoms with Gasteiger partial charge in [0.1, 0.15) is 0 Å². The Morgan fingerprint density at radius 3 is 2.88 bits per heavy atom. The number of carbonyl (C=O) groups excluding carboxylic acids is 1. The molecule has 0 aliphatic heterocycles. The van der Waals surface area contributed by atoms with E-state index in [-0.39, 0.29) is 5.91 Å². The van der Waals surface area contributed by atoms with Crippen molar-refractivity contribution in [2.75, 3.05) is 6.54 Å². The molecular weight excluding hydrogens is 234 g/mol. The lowest BCUT2D eigenvalue weighted by Crippen LogP contribution is -2.52. The molecular formula is C12H19N3OS. The Balaban J connectivity index is 1.77. The third-order valence-electron chi connectivity index (χ3n) is 3.24. The van der Waals surface area contributed by atoms with E-state index in [9.17, 15) is 4.79 Å². The third-order valence-corrected chi connectivity index (χ3v) is 4.27. The van der Waals surface area contributed by atoms with Crippen LogP contribution in [0.4, 0.5) is 0 Å². The van der Waals surface area contributed by atoms with Gasteiger partial charge in [0, 0.05) is 24.0 Å². The molecule has 1 fully saturated rings. The molecule has 1 aromatic rings. The number of aryl methyl sites for hydroxylation is 1. The van der Waals surface area contributed by atoms with Gasteiger partial charge in [-0.1, -0.05) is 12.8 Å². The van der Waals surface area contributed by atoms with Crippen molar-refractivity contribution in [2.24, 2.45) is 5.73 Å². The van der Waals surface area contributed by atoms with Crippen LogP contribution in [0.5, 0.6) is 0 Å². The van der Waals surface area contributed by atoms with Crippen LogP contribution in [0, 0.1) is 6.92 Å². The normalized spacial score (nSPS) is 18.2. The Kier molecular flexibility index (Phi) is 3.79. The zero-order valence-corrected chi connectivity index (χ0v) is 11.0. The van der Waals surface area contributed by atoms with E-state index in [1.807, 2.05) is 12.3 Å². The van der Waals surface area contributed by atoms with Gasteiger partial charge in [-0.2, -0.15) is 0 Å². The average molecular weight is 253 g/mol. The highest BCUT2D eigenvalue weighted by atomic mass is 32.1. The number of thiazole rings is 1. The number of carbonyl (C=O) groups is 1. The minimum Gasteiger partial charge on any atom is -0.354 e. The Hall–Kier alpha value is -0.940. The quantitative estimate of drug-likeness (QED) is 0.852. The van der Waals surface area contributed by atoms with Gasteiger partial charge >= 0.3 is 0 Å². The Morgan fingerprint density at radius 2 is 2.29 bits per heavy atom. The van der Waals surface area contributed by atoms with E-state index >= 15 is 0 Å². The molecule has 17 heavy (non-hydrogen) atoms. The predicted molar refractivity (Wildman–Crippen MR) is 69.0 cm³/mol. The van der Waals surface area contributed by atoms with Gasteiger partial charge in [-0.25, -0.2) is 4.98 Å². The van der Waals surface area contributed by atoms with Crippen LogP contribution in [-0.4, -0.2) is 23.0 Å². The summed E-state index contributed by atoms with van der Waals surface area (Å²) in [5, 5.41) is 6.02. The lowest BCUT2D eigenvalue weighted by Gasteiger charge is -2.21.